The summed E-state index contributed by atoms with van der Waals surface area (Å²) in [6.07, 6.45) is 1.01. The second kappa shape index (κ2) is 5.77. The molecule has 0 amide bonds. The third-order valence-corrected chi connectivity index (χ3v) is 4.39. The first-order valence-corrected chi connectivity index (χ1v) is 7.70. The maximum absolute atomic E-state index is 11.9. The van der Waals surface area contributed by atoms with E-state index in [9.17, 15) is 8.42 Å². The van der Waals surface area contributed by atoms with Crippen LogP contribution in [0.3, 0.4) is 0 Å². The van der Waals surface area contributed by atoms with Gasteiger partial charge in [-0.3, -0.25) is 0 Å². The minimum atomic E-state index is -3.58. The average Bonchev–Trinajstić information content (AvgIpc) is 2.44. The number of benzene rings is 1. The van der Waals surface area contributed by atoms with E-state index in [4.69, 9.17) is 9.84 Å². The molecule has 0 bridgehead atoms. The molecule has 1 aromatic carbocycles. The molecule has 1 aliphatic rings. The lowest BCUT2D eigenvalue weighted by Gasteiger charge is -2.26. The summed E-state index contributed by atoms with van der Waals surface area (Å²) in [5, 5.41) is 11.8. The van der Waals surface area contributed by atoms with E-state index >= 15 is 0 Å². The molecular weight excluding hydrogens is 268 g/mol. The van der Waals surface area contributed by atoms with Crippen LogP contribution in [0.4, 0.5) is 5.69 Å². The lowest BCUT2D eigenvalue weighted by Crippen LogP contribution is -2.30. The zero-order valence-electron chi connectivity index (χ0n) is 10.7. The molecule has 0 aliphatic carbocycles. The molecule has 2 rings (SSSR count). The van der Waals surface area contributed by atoms with Gasteiger partial charge in [-0.15, -0.1) is 0 Å². The van der Waals surface area contributed by atoms with E-state index in [1.807, 2.05) is 6.92 Å². The van der Waals surface area contributed by atoms with Crippen molar-refractivity contribution in [3.8, 4) is 5.75 Å². The highest BCUT2D eigenvalue weighted by Gasteiger charge is 2.21. The van der Waals surface area contributed by atoms with Gasteiger partial charge in [0, 0.05) is 6.54 Å². The number of hydrogen-bond donors (Lipinski definition) is 3. The Hall–Kier alpha value is -1.31. The summed E-state index contributed by atoms with van der Waals surface area (Å²) in [4.78, 5) is 0.158. The van der Waals surface area contributed by atoms with E-state index in [-0.39, 0.29) is 24.2 Å². The molecule has 0 saturated carbocycles. The largest absolute Gasteiger partial charge is 0.486 e. The first-order chi connectivity index (χ1) is 9.06. The van der Waals surface area contributed by atoms with Gasteiger partial charge in [0.2, 0.25) is 10.0 Å². The van der Waals surface area contributed by atoms with Gasteiger partial charge in [0.1, 0.15) is 11.9 Å². The Morgan fingerprint density at radius 1 is 1.53 bits per heavy atom. The van der Waals surface area contributed by atoms with Gasteiger partial charge in [0.15, 0.2) is 0 Å². The summed E-state index contributed by atoms with van der Waals surface area (Å²) in [6.45, 7) is 2.47. The molecule has 3 N–H and O–H groups in total. The van der Waals surface area contributed by atoms with Crippen LogP contribution in [0, 0.1) is 0 Å². The highest BCUT2D eigenvalue weighted by molar-refractivity contribution is 7.89. The summed E-state index contributed by atoms with van der Waals surface area (Å²) in [6, 6.07) is 4.69. The van der Waals surface area contributed by atoms with Gasteiger partial charge >= 0.3 is 0 Å². The number of fused-ring (bicyclic) bond motifs is 1. The number of aliphatic hydroxyl groups is 1. The summed E-state index contributed by atoms with van der Waals surface area (Å²) in [5.41, 5.74) is 0.677. The fourth-order valence-electron chi connectivity index (χ4n) is 1.85. The van der Waals surface area contributed by atoms with Crippen LogP contribution >= 0.6 is 0 Å². The Bertz CT molecular complexity index is 545. The van der Waals surface area contributed by atoms with Crippen LogP contribution < -0.4 is 14.8 Å². The van der Waals surface area contributed by atoms with Gasteiger partial charge in [-0.05, 0) is 24.6 Å². The maximum Gasteiger partial charge on any atom is 0.240 e. The lowest BCUT2D eigenvalue weighted by molar-refractivity contribution is 0.201. The normalized spacial score (nSPS) is 18.3. The van der Waals surface area contributed by atoms with Crippen molar-refractivity contribution in [2.24, 2.45) is 0 Å². The molecule has 19 heavy (non-hydrogen) atoms. The minimum absolute atomic E-state index is 0.00125. The van der Waals surface area contributed by atoms with Gasteiger partial charge in [-0.1, -0.05) is 6.92 Å². The van der Waals surface area contributed by atoms with Crippen LogP contribution in [0.1, 0.15) is 13.3 Å². The highest BCUT2D eigenvalue weighted by atomic mass is 32.2. The average molecular weight is 286 g/mol. The Morgan fingerprint density at radius 2 is 2.32 bits per heavy atom. The van der Waals surface area contributed by atoms with Crippen molar-refractivity contribution in [1.82, 2.24) is 4.72 Å². The van der Waals surface area contributed by atoms with Crippen molar-refractivity contribution < 1.29 is 18.3 Å². The van der Waals surface area contributed by atoms with E-state index in [1.54, 1.807) is 12.1 Å². The Balaban J connectivity index is 2.22. The number of aliphatic hydroxyl groups excluding tert-OH is 1. The van der Waals surface area contributed by atoms with Crippen LogP contribution in [-0.2, 0) is 10.0 Å². The monoisotopic (exact) mass is 286 g/mol. The van der Waals surface area contributed by atoms with Gasteiger partial charge < -0.3 is 15.2 Å². The lowest BCUT2D eigenvalue weighted by atomic mass is 10.2. The molecule has 7 heteroatoms. The van der Waals surface area contributed by atoms with Crippen molar-refractivity contribution in [1.29, 1.82) is 0 Å². The van der Waals surface area contributed by atoms with Gasteiger partial charge in [0.05, 0.1) is 23.7 Å². The van der Waals surface area contributed by atoms with Crippen LogP contribution in [0.2, 0.25) is 0 Å². The summed E-state index contributed by atoms with van der Waals surface area (Å²) < 4.78 is 31.8. The molecular formula is C12H18N2O4S. The number of anilines is 1. The third kappa shape index (κ3) is 3.17. The quantitative estimate of drug-likeness (QED) is 0.735. The van der Waals surface area contributed by atoms with Crippen LogP contribution in [-0.4, -0.2) is 39.3 Å². The fourth-order valence-corrected chi connectivity index (χ4v) is 2.90. The Labute approximate surface area is 112 Å². The maximum atomic E-state index is 11.9. The van der Waals surface area contributed by atoms with E-state index in [2.05, 4.69) is 10.0 Å². The first kappa shape index (κ1) is 14.1. The SMILES string of the molecule is CCC1CNc2cc(S(=O)(=O)NCCO)ccc2O1. The number of ether oxygens (including phenoxy) is 1. The second-order valence-electron chi connectivity index (χ2n) is 4.31. The zero-order valence-corrected chi connectivity index (χ0v) is 11.5. The highest BCUT2D eigenvalue weighted by Crippen LogP contribution is 2.31. The first-order valence-electron chi connectivity index (χ1n) is 6.22. The van der Waals surface area contributed by atoms with Crippen LogP contribution in [0.5, 0.6) is 5.75 Å². The molecule has 0 saturated heterocycles. The fraction of sp³-hybridized carbons (Fsp3) is 0.500. The minimum Gasteiger partial charge on any atom is -0.486 e. The van der Waals surface area contributed by atoms with Crippen LogP contribution in [0.15, 0.2) is 23.1 Å². The molecule has 1 atom stereocenters. The van der Waals surface area contributed by atoms with Crippen molar-refractivity contribution in [3.05, 3.63) is 18.2 Å². The number of rotatable bonds is 5. The van der Waals surface area contributed by atoms with E-state index < -0.39 is 10.0 Å². The van der Waals surface area contributed by atoms with Gasteiger partial charge in [-0.2, -0.15) is 0 Å². The Morgan fingerprint density at radius 3 is 3.00 bits per heavy atom. The molecule has 0 radical (unpaired) electrons. The van der Waals surface area contributed by atoms with Crippen molar-refractivity contribution in [2.75, 3.05) is 25.0 Å². The van der Waals surface area contributed by atoms with E-state index in [1.165, 1.54) is 6.07 Å². The summed E-state index contributed by atoms with van der Waals surface area (Å²) in [5.74, 6) is 0.666. The van der Waals surface area contributed by atoms with E-state index in [0.29, 0.717) is 18.0 Å². The predicted molar refractivity (Wildman–Crippen MR) is 71.9 cm³/mol. The molecule has 0 aromatic heterocycles. The molecule has 6 nitrogen and oxygen atoms in total. The molecule has 0 spiro atoms. The number of sulfonamides is 1. The molecule has 0 fully saturated rings. The molecule has 1 aliphatic heterocycles. The van der Waals surface area contributed by atoms with Gasteiger partial charge in [-0.25, -0.2) is 13.1 Å². The third-order valence-electron chi connectivity index (χ3n) is 2.93. The Kier molecular flexibility index (Phi) is 4.28. The van der Waals surface area contributed by atoms with E-state index in [0.717, 1.165) is 6.42 Å². The molecule has 1 heterocycles. The van der Waals surface area contributed by atoms with Crippen molar-refractivity contribution in [3.63, 3.8) is 0 Å². The topological polar surface area (TPSA) is 87.7 Å². The van der Waals surface area contributed by atoms with Gasteiger partial charge in [0.25, 0.3) is 0 Å². The number of hydrogen-bond acceptors (Lipinski definition) is 5. The van der Waals surface area contributed by atoms with Crippen molar-refractivity contribution >= 4 is 15.7 Å². The second-order valence-corrected chi connectivity index (χ2v) is 6.08. The smallest absolute Gasteiger partial charge is 0.240 e. The summed E-state index contributed by atoms with van der Waals surface area (Å²) in [7, 11) is -3.58. The zero-order chi connectivity index (χ0) is 13.9. The molecule has 1 unspecified atom stereocenters. The number of nitrogens with one attached hydrogen (secondary N) is 2. The summed E-state index contributed by atoms with van der Waals surface area (Å²) >= 11 is 0. The molecule has 1 aromatic rings. The molecule has 106 valence electrons. The predicted octanol–water partition coefficient (Wildman–Crippen LogP) is 0.540. The standard InChI is InChI=1S/C12H18N2O4S/c1-2-9-8-13-11-7-10(3-4-12(11)18-9)19(16,17)14-5-6-15/h3-4,7,9,13-15H,2,5-6,8H2,1H3. The van der Waals surface area contributed by atoms with Crippen molar-refractivity contribution in [2.45, 2.75) is 24.3 Å². The van der Waals surface area contributed by atoms with Crippen LogP contribution in [0.25, 0.3) is 0 Å².